The summed E-state index contributed by atoms with van der Waals surface area (Å²) < 4.78 is 15.7. The van der Waals surface area contributed by atoms with Crippen LogP contribution in [0.3, 0.4) is 0 Å². The quantitative estimate of drug-likeness (QED) is 0.624. The fourth-order valence-corrected chi connectivity index (χ4v) is 2.72. The summed E-state index contributed by atoms with van der Waals surface area (Å²) in [5.74, 6) is -1.77. The van der Waals surface area contributed by atoms with Crippen molar-refractivity contribution in [3.63, 3.8) is 0 Å². The molecular formula is C12H9N6O4P. The second-order valence-corrected chi connectivity index (χ2v) is 5.50. The molecule has 116 valence electrons. The van der Waals surface area contributed by atoms with E-state index in [4.69, 9.17) is 30.8 Å². The number of phosphoric ester groups is 1. The van der Waals surface area contributed by atoms with E-state index in [1.807, 2.05) is 0 Å². The fourth-order valence-electron chi connectivity index (χ4n) is 2.01. The average molecular weight is 332 g/mol. The Morgan fingerprint density at radius 1 is 0.957 bits per heavy atom. The highest BCUT2D eigenvalue weighted by molar-refractivity contribution is 7.46. The van der Waals surface area contributed by atoms with E-state index in [0.717, 1.165) is 0 Å². The van der Waals surface area contributed by atoms with Crippen LogP contribution in [0.4, 0.5) is 0 Å². The van der Waals surface area contributed by atoms with Crippen molar-refractivity contribution < 1.29 is 18.9 Å². The maximum absolute atomic E-state index is 11.3. The lowest BCUT2D eigenvalue weighted by Gasteiger charge is -2.40. The monoisotopic (exact) mass is 332 g/mol. The molecule has 11 heteroatoms. The lowest BCUT2D eigenvalue weighted by Crippen LogP contribution is -2.53. The highest BCUT2D eigenvalue weighted by Gasteiger charge is 2.62. The van der Waals surface area contributed by atoms with E-state index in [-0.39, 0.29) is 0 Å². The Labute approximate surface area is 131 Å². The average Bonchev–Trinajstić information content (AvgIpc) is 2.49. The highest BCUT2D eigenvalue weighted by atomic mass is 31.2. The molecule has 23 heavy (non-hydrogen) atoms. The third-order valence-electron chi connectivity index (χ3n) is 3.06. The van der Waals surface area contributed by atoms with Gasteiger partial charge in [0.1, 0.15) is 17.4 Å². The molecule has 0 saturated heterocycles. The number of nitrogens with zero attached hydrogens (tertiary/aromatic N) is 6. The molecule has 0 spiro atoms. The first kappa shape index (κ1) is 20.1. The van der Waals surface area contributed by atoms with Crippen molar-refractivity contribution >= 4 is 7.82 Å². The molecule has 2 N–H and O–H groups in total. The van der Waals surface area contributed by atoms with Gasteiger partial charge in [-0.05, 0) is 0 Å². The van der Waals surface area contributed by atoms with Crippen LogP contribution in [0.15, 0.2) is 0 Å². The second-order valence-electron chi connectivity index (χ2n) is 4.34. The summed E-state index contributed by atoms with van der Waals surface area (Å²) in [6.45, 7) is 0. The van der Waals surface area contributed by atoms with Gasteiger partial charge >= 0.3 is 7.82 Å². The molecule has 0 aromatic carbocycles. The molecule has 0 aliphatic rings. The Balaban J connectivity index is 6.72. The van der Waals surface area contributed by atoms with Crippen molar-refractivity contribution in [2.24, 2.45) is 11.3 Å². The van der Waals surface area contributed by atoms with Crippen molar-refractivity contribution in [1.29, 1.82) is 31.6 Å². The molecule has 0 aromatic heterocycles. The lowest BCUT2D eigenvalue weighted by atomic mass is 9.63. The summed E-state index contributed by atoms with van der Waals surface area (Å²) in [7, 11) is -5.40. The van der Waals surface area contributed by atoms with Gasteiger partial charge in [-0.2, -0.15) is 31.6 Å². The number of nitriles is 6. The number of hydrogen-bond donors (Lipinski definition) is 2. The van der Waals surface area contributed by atoms with E-state index in [2.05, 4.69) is 4.52 Å². The Morgan fingerprint density at radius 2 is 1.48 bits per heavy atom. The van der Waals surface area contributed by atoms with Gasteiger partial charge in [0.25, 0.3) is 0 Å². The van der Waals surface area contributed by atoms with Crippen LogP contribution in [0.25, 0.3) is 0 Å². The van der Waals surface area contributed by atoms with Gasteiger partial charge in [0, 0.05) is 0 Å². The molecule has 0 heterocycles. The first-order valence-electron chi connectivity index (χ1n) is 5.81. The fraction of sp³-hybridized carbons (Fsp3) is 0.500. The van der Waals surface area contributed by atoms with E-state index < -0.39 is 44.0 Å². The van der Waals surface area contributed by atoms with Gasteiger partial charge in [-0.1, -0.05) is 0 Å². The molecule has 0 rings (SSSR count). The topological polar surface area (TPSA) is 210 Å². The van der Waals surface area contributed by atoms with Crippen LogP contribution in [-0.2, 0) is 9.09 Å². The van der Waals surface area contributed by atoms with Crippen LogP contribution in [0.1, 0.15) is 19.3 Å². The second kappa shape index (κ2) is 7.89. The van der Waals surface area contributed by atoms with Crippen molar-refractivity contribution in [2.45, 2.75) is 24.9 Å². The molecular weight excluding hydrogens is 323 g/mol. The summed E-state index contributed by atoms with van der Waals surface area (Å²) in [4.78, 5) is 18.1. The van der Waals surface area contributed by atoms with Gasteiger partial charge < -0.3 is 9.79 Å². The van der Waals surface area contributed by atoms with E-state index in [0.29, 0.717) is 0 Å². The third kappa shape index (κ3) is 4.03. The minimum absolute atomic E-state index is 0.704. The molecule has 0 fully saturated rings. The van der Waals surface area contributed by atoms with Crippen molar-refractivity contribution in [3.8, 4) is 36.4 Å². The first-order valence-corrected chi connectivity index (χ1v) is 7.34. The Bertz CT molecular complexity index is 733. The van der Waals surface area contributed by atoms with E-state index in [1.54, 1.807) is 18.2 Å². The molecule has 0 aromatic rings. The Kier molecular flexibility index (Phi) is 6.88. The van der Waals surface area contributed by atoms with E-state index in [1.165, 1.54) is 18.2 Å². The van der Waals surface area contributed by atoms with Crippen LogP contribution >= 0.6 is 7.82 Å². The molecule has 0 bridgehead atoms. The molecule has 10 nitrogen and oxygen atoms in total. The maximum Gasteiger partial charge on any atom is 0.471 e. The molecule has 0 saturated carbocycles. The normalized spacial score (nSPS) is 14.4. The predicted octanol–water partition coefficient (Wildman–Crippen LogP) is 0.749. The summed E-state index contributed by atoms with van der Waals surface area (Å²) in [5, 5.41) is 54.5. The van der Waals surface area contributed by atoms with Crippen LogP contribution in [0.5, 0.6) is 0 Å². The zero-order valence-electron chi connectivity index (χ0n) is 11.5. The van der Waals surface area contributed by atoms with Gasteiger partial charge in [-0.15, -0.1) is 0 Å². The lowest BCUT2D eigenvalue weighted by molar-refractivity contribution is -0.0293. The smallest absolute Gasteiger partial charge is 0.303 e. The van der Waals surface area contributed by atoms with Crippen molar-refractivity contribution in [2.75, 3.05) is 0 Å². The minimum Gasteiger partial charge on any atom is -0.303 e. The minimum atomic E-state index is -5.40. The third-order valence-corrected chi connectivity index (χ3v) is 3.58. The largest absolute Gasteiger partial charge is 0.471 e. The zero-order chi connectivity index (χ0) is 18.1. The summed E-state index contributed by atoms with van der Waals surface area (Å²) in [6.07, 6.45) is -2.33. The van der Waals surface area contributed by atoms with Crippen LogP contribution in [0, 0.1) is 79.3 Å². The molecule has 2 atom stereocenters. The maximum atomic E-state index is 11.3. The predicted molar refractivity (Wildman–Crippen MR) is 69.3 cm³/mol. The van der Waals surface area contributed by atoms with Gasteiger partial charge in [-0.25, -0.2) is 4.57 Å². The molecule has 0 aliphatic heterocycles. The molecule has 0 radical (unpaired) electrons. The van der Waals surface area contributed by atoms with Gasteiger partial charge in [-0.3, -0.25) is 4.52 Å². The van der Waals surface area contributed by atoms with E-state index >= 15 is 0 Å². The molecule has 0 aliphatic carbocycles. The Hall–Kier alpha value is -2.95. The van der Waals surface area contributed by atoms with Gasteiger partial charge in [0.2, 0.25) is 5.60 Å². The molecule has 0 amide bonds. The van der Waals surface area contributed by atoms with Crippen LogP contribution < -0.4 is 0 Å². The number of phosphoric acid groups is 1. The zero-order valence-corrected chi connectivity index (χ0v) is 12.4. The SMILES string of the molecule is N#CCC(C#N)C(C#N)(OP(=O)(O)O)C(C#N)(CC#N)CC#N. The summed E-state index contributed by atoms with van der Waals surface area (Å²) >= 11 is 0. The van der Waals surface area contributed by atoms with Gasteiger partial charge in [0.05, 0.1) is 49.6 Å². The standard InChI is InChI=1S/C12H9N6O4P/c13-4-1-10(7-16)12(9-18,22-23(19,20)21)11(8-17,2-5-14)3-6-15/h10H,1-3H2,(H2,19,20,21). The highest BCUT2D eigenvalue weighted by Crippen LogP contribution is 2.54. The first-order chi connectivity index (χ1) is 10.7. The van der Waals surface area contributed by atoms with Crippen LogP contribution in [-0.4, -0.2) is 15.4 Å². The summed E-state index contributed by atoms with van der Waals surface area (Å²) in [6, 6.07) is 8.98. The van der Waals surface area contributed by atoms with Crippen LogP contribution in [0.2, 0.25) is 0 Å². The summed E-state index contributed by atoms with van der Waals surface area (Å²) in [5.41, 5.74) is -5.17. The van der Waals surface area contributed by atoms with Crippen molar-refractivity contribution in [1.82, 2.24) is 0 Å². The number of rotatable bonds is 7. The Morgan fingerprint density at radius 3 is 1.74 bits per heavy atom. The molecule has 2 unspecified atom stereocenters. The van der Waals surface area contributed by atoms with Crippen molar-refractivity contribution in [3.05, 3.63) is 0 Å². The van der Waals surface area contributed by atoms with E-state index in [9.17, 15) is 15.1 Å². The van der Waals surface area contributed by atoms with Gasteiger partial charge in [0.15, 0.2) is 0 Å². The number of hydrogen-bond acceptors (Lipinski definition) is 8.